The summed E-state index contributed by atoms with van der Waals surface area (Å²) in [4.78, 5) is 29.1. The first-order valence-corrected chi connectivity index (χ1v) is 14.2. The van der Waals surface area contributed by atoms with E-state index in [1.165, 1.54) is 5.56 Å². The van der Waals surface area contributed by atoms with Crippen LogP contribution in [0.5, 0.6) is 11.6 Å². The average Bonchev–Trinajstić information content (AvgIpc) is 3.33. The number of rotatable bonds is 7. The molecule has 204 valence electrons. The fourth-order valence-corrected chi connectivity index (χ4v) is 6.12. The monoisotopic (exact) mass is 547 g/mol. The van der Waals surface area contributed by atoms with Crippen molar-refractivity contribution in [1.82, 2.24) is 24.7 Å². The second-order valence-electron chi connectivity index (χ2n) is 10.5. The molecule has 0 radical (unpaired) electrons. The Balaban J connectivity index is 1.08. The summed E-state index contributed by atoms with van der Waals surface area (Å²) >= 11 is 5.84. The number of urea groups is 1. The Hall–Kier alpha value is -3.20. The lowest BCUT2D eigenvalue weighted by Crippen LogP contribution is -2.48. The predicted molar refractivity (Wildman–Crippen MR) is 149 cm³/mol. The predicted octanol–water partition coefficient (Wildman–Crippen LogP) is 5.54. The molecule has 8 nitrogen and oxygen atoms in total. The van der Waals surface area contributed by atoms with Crippen LogP contribution in [0.15, 0.2) is 67.0 Å². The van der Waals surface area contributed by atoms with Gasteiger partial charge in [-0.05, 0) is 48.9 Å². The second-order valence-corrected chi connectivity index (χ2v) is 10.9. The van der Waals surface area contributed by atoms with E-state index in [0.29, 0.717) is 16.8 Å². The summed E-state index contributed by atoms with van der Waals surface area (Å²) in [5.74, 6) is 1.12. The normalized spacial score (nSPS) is 21.5. The van der Waals surface area contributed by atoms with Crippen molar-refractivity contribution in [2.24, 2.45) is 0 Å². The molecule has 1 aromatic carbocycles. The zero-order chi connectivity index (χ0) is 26.6. The number of likely N-dealkylation sites (tertiary alicyclic amines) is 1. The Morgan fingerprint density at radius 3 is 2.38 bits per heavy atom. The highest BCUT2D eigenvalue weighted by Gasteiger charge is 2.45. The molecule has 2 amide bonds. The van der Waals surface area contributed by atoms with Crippen LogP contribution in [0.4, 0.5) is 4.79 Å². The molecule has 0 unspecified atom stereocenters. The number of carbonyl (C=O) groups is 1. The first-order chi connectivity index (χ1) is 19.1. The third-order valence-corrected chi connectivity index (χ3v) is 8.29. The SMILES string of the molecule is O=C1N(C2CCOCC2)C[C@@H](c2ccccc2)N1C1CCN(Cc2ccc(Oc3ccc(Cl)nc3)nc2)CC1. The lowest BCUT2D eigenvalue weighted by Gasteiger charge is -2.39. The van der Waals surface area contributed by atoms with Gasteiger partial charge < -0.3 is 19.3 Å². The number of piperidine rings is 1. The van der Waals surface area contributed by atoms with Gasteiger partial charge in [-0.25, -0.2) is 14.8 Å². The Morgan fingerprint density at radius 2 is 1.69 bits per heavy atom. The van der Waals surface area contributed by atoms with Crippen molar-refractivity contribution in [2.45, 2.75) is 50.4 Å². The van der Waals surface area contributed by atoms with E-state index in [4.69, 9.17) is 21.1 Å². The number of halogens is 1. The van der Waals surface area contributed by atoms with Crippen molar-refractivity contribution in [1.29, 1.82) is 0 Å². The number of ether oxygens (including phenoxy) is 2. The smallest absolute Gasteiger partial charge is 0.321 e. The summed E-state index contributed by atoms with van der Waals surface area (Å²) in [6, 6.07) is 18.7. The Morgan fingerprint density at radius 1 is 0.897 bits per heavy atom. The van der Waals surface area contributed by atoms with Gasteiger partial charge in [0.1, 0.15) is 10.9 Å². The molecule has 0 spiro atoms. The molecule has 0 aliphatic carbocycles. The van der Waals surface area contributed by atoms with Crippen molar-refractivity contribution >= 4 is 17.6 Å². The molecule has 9 heteroatoms. The van der Waals surface area contributed by atoms with Gasteiger partial charge in [-0.2, -0.15) is 0 Å². The van der Waals surface area contributed by atoms with Crippen LogP contribution in [-0.4, -0.2) is 75.6 Å². The molecule has 1 atom stereocenters. The summed E-state index contributed by atoms with van der Waals surface area (Å²) in [6.07, 6.45) is 7.23. The minimum atomic E-state index is 0.102. The maximum absolute atomic E-state index is 13.8. The van der Waals surface area contributed by atoms with E-state index in [2.05, 4.69) is 55.0 Å². The van der Waals surface area contributed by atoms with Crippen LogP contribution >= 0.6 is 11.6 Å². The van der Waals surface area contributed by atoms with Gasteiger partial charge >= 0.3 is 6.03 Å². The number of benzene rings is 1. The molecule has 2 aromatic heterocycles. The highest BCUT2D eigenvalue weighted by molar-refractivity contribution is 6.29. The van der Waals surface area contributed by atoms with Crippen LogP contribution in [0.1, 0.15) is 42.9 Å². The summed E-state index contributed by atoms with van der Waals surface area (Å²) in [5.41, 5.74) is 2.37. The quantitative estimate of drug-likeness (QED) is 0.361. The summed E-state index contributed by atoms with van der Waals surface area (Å²) in [5, 5.41) is 0.427. The van der Waals surface area contributed by atoms with Crippen LogP contribution < -0.4 is 4.74 Å². The third kappa shape index (κ3) is 6.03. The Labute approximate surface area is 234 Å². The molecule has 5 heterocycles. The van der Waals surface area contributed by atoms with Gasteiger partial charge in [0, 0.05) is 63.7 Å². The summed E-state index contributed by atoms with van der Waals surface area (Å²) < 4.78 is 11.3. The van der Waals surface area contributed by atoms with Crippen LogP contribution in [0, 0.1) is 0 Å². The minimum Gasteiger partial charge on any atom is -0.437 e. The average molecular weight is 548 g/mol. The maximum Gasteiger partial charge on any atom is 0.321 e. The molecule has 3 saturated heterocycles. The highest BCUT2D eigenvalue weighted by atomic mass is 35.5. The standard InChI is InChI=1S/C30H34ClN5O3/c31-28-8-7-26(19-32-28)39-29-9-6-22(18-33-29)20-34-14-10-25(11-15-34)36-27(23-4-2-1-3-5-23)21-35(30(36)37)24-12-16-38-17-13-24/h1-9,18-19,24-25,27H,10-17,20-21H2/t27-/m0/s1. The topological polar surface area (TPSA) is 71.0 Å². The van der Waals surface area contributed by atoms with Gasteiger partial charge in [-0.15, -0.1) is 0 Å². The number of nitrogens with zero attached hydrogens (tertiary/aromatic N) is 5. The van der Waals surface area contributed by atoms with Crippen molar-refractivity contribution < 1.29 is 14.3 Å². The van der Waals surface area contributed by atoms with E-state index >= 15 is 0 Å². The molecule has 3 aromatic rings. The van der Waals surface area contributed by atoms with Crippen molar-refractivity contribution in [3.05, 3.63) is 83.3 Å². The fraction of sp³-hybridized carbons (Fsp3) is 0.433. The lowest BCUT2D eigenvalue weighted by atomic mass is 9.99. The molecule has 0 bridgehead atoms. The highest BCUT2D eigenvalue weighted by Crippen LogP contribution is 2.37. The van der Waals surface area contributed by atoms with Gasteiger partial charge in [0.2, 0.25) is 5.88 Å². The third-order valence-electron chi connectivity index (χ3n) is 8.06. The van der Waals surface area contributed by atoms with Crippen molar-refractivity contribution in [2.75, 3.05) is 32.8 Å². The fourth-order valence-electron chi connectivity index (χ4n) is 6.01. The van der Waals surface area contributed by atoms with Gasteiger partial charge in [-0.1, -0.05) is 48.0 Å². The summed E-state index contributed by atoms with van der Waals surface area (Å²) in [6.45, 7) is 4.96. The molecule has 6 rings (SSSR count). The number of aromatic nitrogens is 2. The molecule has 3 aliphatic heterocycles. The second kappa shape index (κ2) is 11.9. The molecule has 39 heavy (non-hydrogen) atoms. The molecule has 0 saturated carbocycles. The van der Waals surface area contributed by atoms with E-state index in [9.17, 15) is 4.79 Å². The van der Waals surface area contributed by atoms with E-state index in [0.717, 1.165) is 70.6 Å². The zero-order valence-corrected chi connectivity index (χ0v) is 22.7. The number of carbonyl (C=O) groups excluding carboxylic acids is 1. The van der Waals surface area contributed by atoms with Crippen LogP contribution in [0.25, 0.3) is 0 Å². The van der Waals surface area contributed by atoms with E-state index in [1.54, 1.807) is 18.3 Å². The maximum atomic E-state index is 13.8. The number of pyridine rings is 2. The van der Waals surface area contributed by atoms with Crippen LogP contribution in [0.2, 0.25) is 5.15 Å². The Bertz CT molecular complexity index is 1230. The van der Waals surface area contributed by atoms with Gasteiger partial charge in [0.25, 0.3) is 0 Å². The number of amides is 2. The molecular formula is C30H34ClN5O3. The van der Waals surface area contributed by atoms with Crippen LogP contribution in [-0.2, 0) is 11.3 Å². The molecule has 3 fully saturated rings. The van der Waals surface area contributed by atoms with E-state index < -0.39 is 0 Å². The van der Waals surface area contributed by atoms with Gasteiger partial charge in [-0.3, -0.25) is 4.90 Å². The number of hydrogen-bond acceptors (Lipinski definition) is 6. The molecular weight excluding hydrogens is 514 g/mol. The number of hydrogen-bond donors (Lipinski definition) is 0. The van der Waals surface area contributed by atoms with Gasteiger partial charge in [0.15, 0.2) is 0 Å². The first-order valence-electron chi connectivity index (χ1n) is 13.8. The van der Waals surface area contributed by atoms with Crippen molar-refractivity contribution in [3.8, 4) is 11.6 Å². The largest absolute Gasteiger partial charge is 0.437 e. The first kappa shape index (κ1) is 26.0. The molecule has 0 N–H and O–H groups in total. The Kier molecular flexibility index (Phi) is 7.95. The zero-order valence-electron chi connectivity index (χ0n) is 22.0. The van der Waals surface area contributed by atoms with Crippen LogP contribution in [0.3, 0.4) is 0 Å². The lowest BCUT2D eigenvalue weighted by molar-refractivity contribution is 0.0493. The van der Waals surface area contributed by atoms with Gasteiger partial charge in [0.05, 0.1) is 12.2 Å². The summed E-state index contributed by atoms with van der Waals surface area (Å²) in [7, 11) is 0. The van der Waals surface area contributed by atoms with Crippen molar-refractivity contribution in [3.63, 3.8) is 0 Å². The van der Waals surface area contributed by atoms with E-state index in [-0.39, 0.29) is 24.2 Å². The minimum absolute atomic E-state index is 0.102. The van der Waals surface area contributed by atoms with E-state index in [1.807, 2.05) is 18.3 Å². The molecule has 3 aliphatic rings.